The SMILES string of the molecule is CN1CCN(CCNC(=O)c2ccc3nc[nH]c3c2)CC1. The first-order valence-corrected chi connectivity index (χ1v) is 7.34. The molecule has 1 aliphatic rings. The van der Waals surface area contributed by atoms with E-state index in [4.69, 9.17) is 0 Å². The fourth-order valence-corrected chi connectivity index (χ4v) is 2.58. The molecule has 0 spiro atoms. The molecule has 6 nitrogen and oxygen atoms in total. The van der Waals surface area contributed by atoms with Gasteiger partial charge in [-0.25, -0.2) is 4.98 Å². The van der Waals surface area contributed by atoms with Gasteiger partial charge in [0.2, 0.25) is 0 Å². The molecular weight excluding hydrogens is 266 g/mol. The Morgan fingerprint density at radius 2 is 2.14 bits per heavy atom. The third-order valence-corrected chi connectivity index (χ3v) is 3.99. The molecule has 2 N–H and O–H groups in total. The summed E-state index contributed by atoms with van der Waals surface area (Å²) in [6.07, 6.45) is 1.64. The van der Waals surface area contributed by atoms with E-state index in [1.165, 1.54) is 0 Å². The van der Waals surface area contributed by atoms with E-state index in [-0.39, 0.29) is 5.91 Å². The van der Waals surface area contributed by atoms with Gasteiger partial charge in [0.25, 0.3) is 5.91 Å². The molecule has 2 heterocycles. The summed E-state index contributed by atoms with van der Waals surface area (Å²) in [6, 6.07) is 5.52. The number of H-pyrrole nitrogens is 1. The van der Waals surface area contributed by atoms with E-state index in [0.717, 1.165) is 43.8 Å². The normalized spacial score (nSPS) is 17.2. The van der Waals surface area contributed by atoms with E-state index in [0.29, 0.717) is 12.1 Å². The number of likely N-dealkylation sites (N-methyl/N-ethyl adjacent to an activating group) is 1. The highest BCUT2D eigenvalue weighted by Gasteiger charge is 2.13. The van der Waals surface area contributed by atoms with Crippen molar-refractivity contribution in [2.75, 3.05) is 46.3 Å². The molecule has 0 bridgehead atoms. The van der Waals surface area contributed by atoms with Gasteiger partial charge < -0.3 is 15.2 Å². The van der Waals surface area contributed by atoms with Crippen molar-refractivity contribution in [3.8, 4) is 0 Å². The lowest BCUT2D eigenvalue weighted by Gasteiger charge is -2.32. The number of rotatable bonds is 4. The molecule has 1 amide bonds. The Morgan fingerprint density at radius 1 is 1.33 bits per heavy atom. The minimum absolute atomic E-state index is 0.0272. The van der Waals surface area contributed by atoms with Crippen molar-refractivity contribution in [3.63, 3.8) is 0 Å². The number of piperazine rings is 1. The number of fused-ring (bicyclic) bond motifs is 1. The van der Waals surface area contributed by atoms with E-state index < -0.39 is 0 Å². The smallest absolute Gasteiger partial charge is 0.251 e. The molecule has 1 fully saturated rings. The van der Waals surface area contributed by atoms with Crippen molar-refractivity contribution in [2.45, 2.75) is 0 Å². The van der Waals surface area contributed by atoms with Crippen LogP contribution in [0.1, 0.15) is 10.4 Å². The van der Waals surface area contributed by atoms with E-state index in [1.807, 2.05) is 18.2 Å². The summed E-state index contributed by atoms with van der Waals surface area (Å²) < 4.78 is 0. The van der Waals surface area contributed by atoms with Crippen LogP contribution in [0.5, 0.6) is 0 Å². The molecule has 112 valence electrons. The van der Waals surface area contributed by atoms with Gasteiger partial charge in [-0.3, -0.25) is 9.69 Å². The Bertz CT molecular complexity index is 615. The number of nitrogens with one attached hydrogen (secondary N) is 2. The molecule has 6 heteroatoms. The highest BCUT2D eigenvalue weighted by atomic mass is 16.1. The second-order valence-corrected chi connectivity index (χ2v) is 5.54. The Morgan fingerprint density at radius 3 is 2.95 bits per heavy atom. The maximum absolute atomic E-state index is 12.1. The number of nitrogens with zero attached hydrogens (tertiary/aromatic N) is 3. The molecule has 0 atom stereocenters. The van der Waals surface area contributed by atoms with Gasteiger partial charge in [0.05, 0.1) is 17.4 Å². The molecule has 1 aromatic carbocycles. The average molecular weight is 287 g/mol. The summed E-state index contributed by atoms with van der Waals surface area (Å²) in [4.78, 5) is 24.0. The molecule has 0 unspecified atom stereocenters. The number of amides is 1. The lowest BCUT2D eigenvalue weighted by Crippen LogP contribution is -2.46. The molecular formula is C15H21N5O. The summed E-state index contributed by atoms with van der Waals surface area (Å²) in [5, 5.41) is 2.99. The fraction of sp³-hybridized carbons (Fsp3) is 0.467. The third kappa shape index (κ3) is 3.40. The maximum atomic E-state index is 12.1. The van der Waals surface area contributed by atoms with E-state index in [1.54, 1.807) is 6.33 Å². The van der Waals surface area contributed by atoms with Gasteiger partial charge in [-0.2, -0.15) is 0 Å². The topological polar surface area (TPSA) is 64.3 Å². The Labute approximate surface area is 124 Å². The maximum Gasteiger partial charge on any atom is 0.251 e. The van der Waals surface area contributed by atoms with Crippen LogP contribution in [0.4, 0.5) is 0 Å². The summed E-state index contributed by atoms with van der Waals surface area (Å²) in [5.74, 6) is -0.0272. The number of hydrogen-bond donors (Lipinski definition) is 2. The second kappa shape index (κ2) is 6.24. The van der Waals surface area contributed by atoms with Crippen molar-refractivity contribution in [2.24, 2.45) is 0 Å². The van der Waals surface area contributed by atoms with Crippen molar-refractivity contribution in [3.05, 3.63) is 30.1 Å². The molecule has 3 rings (SSSR count). The van der Waals surface area contributed by atoms with Crippen LogP contribution < -0.4 is 5.32 Å². The highest BCUT2D eigenvalue weighted by molar-refractivity contribution is 5.97. The van der Waals surface area contributed by atoms with Crippen LogP contribution in [0.25, 0.3) is 11.0 Å². The summed E-state index contributed by atoms with van der Waals surface area (Å²) in [5.41, 5.74) is 2.44. The van der Waals surface area contributed by atoms with Gasteiger partial charge in [0.15, 0.2) is 0 Å². The van der Waals surface area contributed by atoms with Crippen molar-refractivity contribution in [1.82, 2.24) is 25.1 Å². The van der Waals surface area contributed by atoms with Gasteiger partial charge in [0, 0.05) is 44.8 Å². The van der Waals surface area contributed by atoms with E-state index in [9.17, 15) is 4.79 Å². The molecule has 0 saturated carbocycles. The molecule has 1 aliphatic heterocycles. The summed E-state index contributed by atoms with van der Waals surface area (Å²) in [7, 11) is 2.14. The largest absolute Gasteiger partial charge is 0.351 e. The van der Waals surface area contributed by atoms with Crippen LogP contribution in [0.3, 0.4) is 0 Å². The van der Waals surface area contributed by atoms with Gasteiger partial charge in [-0.1, -0.05) is 0 Å². The van der Waals surface area contributed by atoms with E-state index >= 15 is 0 Å². The number of carbonyl (C=O) groups is 1. The molecule has 0 radical (unpaired) electrons. The second-order valence-electron chi connectivity index (χ2n) is 5.54. The molecule has 0 aliphatic carbocycles. The van der Waals surface area contributed by atoms with Gasteiger partial charge >= 0.3 is 0 Å². The van der Waals surface area contributed by atoms with Crippen LogP contribution in [0, 0.1) is 0 Å². The zero-order chi connectivity index (χ0) is 14.7. The number of aromatic amines is 1. The zero-order valence-corrected chi connectivity index (χ0v) is 12.3. The van der Waals surface area contributed by atoms with Gasteiger partial charge in [-0.05, 0) is 25.2 Å². The summed E-state index contributed by atoms with van der Waals surface area (Å²) in [6.45, 7) is 5.95. The van der Waals surface area contributed by atoms with Crippen molar-refractivity contribution >= 4 is 16.9 Å². The first-order chi connectivity index (χ1) is 10.2. The quantitative estimate of drug-likeness (QED) is 0.861. The number of carbonyl (C=O) groups excluding carboxylic acids is 1. The Hall–Kier alpha value is -1.92. The average Bonchev–Trinajstić information content (AvgIpc) is 2.96. The lowest BCUT2D eigenvalue weighted by atomic mass is 10.2. The molecule has 1 aromatic heterocycles. The lowest BCUT2D eigenvalue weighted by molar-refractivity contribution is 0.0941. The van der Waals surface area contributed by atoms with Crippen LogP contribution >= 0.6 is 0 Å². The third-order valence-electron chi connectivity index (χ3n) is 3.99. The zero-order valence-electron chi connectivity index (χ0n) is 12.3. The molecule has 21 heavy (non-hydrogen) atoms. The minimum atomic E-state index is -0.0272. The van der Waals surface area contributed by atoms with Gasteiger partial charge in [-0.15, -0.1) is 0 Å². The predicted molar refractivity (Wildman–Crippen MR) is 82.4 cm³/mol. The van der Waals surface area contributed by atoms with E-state index in [2.05, 4.69) is 32.1 Å². The van der Waals surface area contributed by atoms with Gasteiger partial charge in [0.1, 0.15) is 0 Å². The van der Waals surface area contributed by atoms with Crippen LogP contribution in [0.15, 0.2) is 24.5 Å². The minimum Gasteiger partial charge on any atom is -0.351 e. The standard InChI is InChI=1S/C15H21N5O/c1-19-6-8-20(9-7-19)5-4-16-15(21)12-2-3-13-14(10-12)18-11-17-13/h2-3,10-11H,4-9H2,1H3,(H,16,21)(H,17,18). The first-order valence-electron chi connectivity index (χ1n) is 7.34. The number of benzene rings is 1. The van der Waals surface area contributed by atoms with Crippen molar-refractivity contribution < 1.29 is 4.79 Å². The van der Waals surface area contributed by atoms with Crippen molar-refractivity contribution in [1.29, 1.82) is 0 Å². The Balaban J connectivity index is 1.49. The fourth-order valence-electron chi connectivity index (χ4n) is 2.58. The monoisotopic (exact) mass is 287 g/mol. The van der Waals surface area contributed by atoms with Crippen LogP contribution in [-0.4, -0.2) is 72.0 Å². The highest BCUT2D eigenvalue weighted by Crippen LogP contribution is 2.11. The van der Waals surface area contributed by atoms with Crippen LogP contribution in [0.2, 0.25) is 0 Å². The summed E-state index contributed by atoms with van der Waals surface area (Å²) >= 11 is 0. The van der Waals surface area contributed by atoms with Crippen LogP contribution in [-0.2, 0) is 0 Å². The molecule has 2 aromatic rings. The molecule has 1 saturated heterocycles. The Kier molecular flexibility index (Phi) is 4.17. The number of imidazole rings is 1. The predicted octanol–water partition coefficient (Wildman–Crippen LogP) is 0.540. The number of aromatic nitrogens is 2. The first kappa shape index (κ1) is 14.0. The number of hydrogen-bond acceptors (Lipinski definition) is 4.